The zero-order chi connectivity index (χ0) is 16.2. The molecule has 124 valence electrons. The number of aliphatic carboxylic acids is 1. The minimum absolute atomic E-state index is 0.206. The van der Waals surface area contributed by atoms with E-state index in [-0.39, 0.29) is 13.1 Å². The van der Waals surface area contributed by atoms with E-state index < -0.39 is 55.2 Å². The van der Waals surface area contributed by atoms with Crippen LogP contribution in [0.15, 0.2) is 0 Å². The number of rotatable bonds is 7. The van der Waals surface area contributed by atoms with Gasteiger partial charge in [-0.05, 0) is 0 Å². The van der Waals surface area contributed by atoms with Crippen LogP contribution in [0.1, 0.15) is 6.42 Å². The van der Waals surface area contributed by atoms with Crippen molar-refractivity contribution in [3.63, 3.8) is 0 Å². The largest absolute Gasteiger partial charge is 0.477 e. The van der Waals surface area contributed by atoms with Gasteiger partial charge < -0.3 is 46.4 Å². The minimum Gasteiger partial charge on any atom is -0.477 e. The number of carbonyl (C=O) groups is 1. The molecule has 1 rings (SSSR count). The predicted octanol–water partition coefficient (Wildman–Crippen LogP) is -4.46. The van der Waals surface area contributed by atoms with Gasteiger partial charge in [-0.2, -0.15) is 0 Å². The lowest BCUT2D eigenvalue weighted by Gasteiger charge is -2.44. The first-order valence-corrected chi connectivity index (χ1v) is 6.49. The van der Waals surface area contributed by atoms with E-state index in [2.05, 4.69) is 5.32 Å². The van der Waals surface area contributed by atoms with Crippen molar-refractivity contribution in [2.24, 2.45) is 5.73 Å². The molecule has 0 aliphatic carbocycles. The van der Waals surface area contributed by atoms with Crippen LogP contribution in [0.25, 0.3) is 0 Å². The van der Waals surface area contributed by atoms with Gasteiger partial charge in [-0.3, -0.25) is 0 Å². The van der Waals surface area contributed by atoms with Crippen molar-refractivity contribution in [2.45, 2.75) is 42.7 Å². The molecule has 1 aliphatic heterocycles. The predicted molar refractivity (Wildman–Crippen MR) is 68.0 cm³/mol. The first kappa shape index (κ1) is 18.2. The maximum Gasteiger partial charge on any atom is 0.364 e. The molecule has 1 heterocycles. The zero-order valence-electron chi connectivity index (χ0n) is 11.3. The molecule has 6 atom stereocenters. The Kier molecular flexibility index (Phi) is 6.43. The van der Waals surface area contributed by atoms with Crippen LogP contribution < -0.4 is 11.1 Å². The molecule has 0 aromatic rings. The third-order valence-corrected chi connectivity index (χ3v) is 3.36. The molecule has 0 aromatic carbocycles. The van der Waals surface area contributed by atoms with Crippen molar-refractivity contribution in [2.75, 3.05) is 19.7 Å². The third-order valence-electron chi connectivity index (χ3n) is 3.36. The summed E-state index contributed by atoms with van der Waals surface area (Å²) in [6.45, 7) is -0.362. The summed E-state index contributed by atoms with van der Waals surface area (Å²) >= 11 is 0. The molecule has 0 amide bonds. The van der Waals surface area contributed by atoms with Gasteiger partial charge >= 0.3 is 5.97 Å². The van der Waals surface area contributed by atoms with Gasteiger partial charge in [0.15, 0.2) is 0 Å². The summed E-state index contributed by atoms with van der Waals surface area (Å²) in [6, 6.07) is -0.968. The number of nitrogens with two attached hydrogens (primary N) is 1. The fraction of sp³-hybridized carbons (Fsp3) is 0.909. The first-order valence-electron chi connectivity index (χ1n) is 6.49. The highest BCUT2D eigenvalue weighted by Crippen LogP contribution is 2.30. The minimum atomic E-state index is -2.69. The van der Waals surface area contributed by atoms with Gasteiger partial charge in [0.1, 0.15) is 18.3 Å². The molecule has 1 saturated heterocycles. The van der Waals surface area contributed by atoms with Gasteiger partial charge in [0.2, 0.25) is 0 Å². The average Bonchev–Trinajstić information content (AvgIpc) is 2.44. The van der Waals surface area contributed by atoms with Crippen molar-refractivity contribution in [1.29, 1.82) is 0 Å². The Morgan fingerprint density at radius 3 is 2.57 bits per heavy atom. The molecule has 0 radical (unpaired) electrons. The van der Waals surface area contributed by atoms with E-state index in [1.54, 1.807) is 0 Å². The second-order valence-electron chi connectivity index (χ2n) is 4.95. The Morgan fingerprint density at radius 2 is 2.10 bits per heavy atom. The van der Waals surface area contributed by atoms with E-state index in [9.17, 15) is 25.2 Å². The van der Waals surface area contributed by atoms with Crippen LogP contribution in [0.3, 0.4) is 0 Å². The quantitative estimate of drug-likeness (QED) is 0.228. The van der Waals surface area contributed by atoms with E-state index in [0.717, 1.165) is 0 Å². The highest BCUT2D eigenvalue weighted by molar-refractivity contribution is 5.75. The lowest BCUT2D eigenvalue weighted by Crippen LogP contribution is -2.67. The fourth-order valence-corrected chi connectivity index (χ4v) is 2.22. The SMILES string of the molecule is NCCN[C@@H]1[C@@H](O)CC(O)(C(=O)O)O[C@H]1C(O)C(O)CO. The van der Waals surface area contributed by atoms with Crippen LogP contribution in [0.2, 0.25) is 0 Å². The molecule has 10 heteroatoms. The molecule has 10 nitrogen and oxygen atoms in total. The zero-order valence-corrected chi connectivity index (χ0v) is 11.3. The maximum atomic E-state index is 11.0. The molecule has 0 saturated carbocycles. The first-order chi connectivity index (χ1) is 9.76. The van der Waals surface area contributed by atoms with Crippen molar-refractivity contribution >= 4 is 5.97 Å². The third kappa shape index (κ3) is 4.08. The Bertz CT molecular complexity index is 357. The highest BCUT2D eigenvalue weighted by Gasteiger charge is 2.53. The van der Waals surface area contributed by atoms with Crippen LogP contribution in [0.5, 0.6) is 0 Å². The smallest absolute Gasteiger partial charge is 0.364 e. The van der Waals surface area contributed by atoms with Gasteiger partial charge in [-0.15, -0.1) is 0 Å². The lowest BCUT2D eigenvalue weighted by molar-refractivity contribution is -0.295. The molecule has 0 aromatic heterocycles. The summed E-state index contributed by atoms with van der Waals surface area (Å²) in [7, 11) is 0. The van der Waals surface area contributed by atoms with E-state index in [1.165, 1.54) is 0 Å². The summed E-state index contributed by atoms with van der Waals surface area (Å²) in [5, 5.41) is 59.8. The number of ether oxygens (including phenoxy) is 1. The van der Waals surface area contributed by atoms with Gasteiger partial charge in [0, 0.05) is 19.5 Å². The second kappa shape index (κ2) is 7.42. The Morgan fingerprint density at radius 1 is 1.48 bits per heavy atom. The van der Waals surface area contributed by atoms with Crippen molar-refractivity contribution < 1.29 is 40.2 Å². The standard InChI is InChI=1S/C11H22N2O8/c12-1-2-13-7-5(15)3-11(20,10(18)19)21-9(7)8(17)6(16)4-14/h5-9,13-17,20H,1-4,12H2,(H,18,19)/t5-,6?,7+,8?,9+,11?/m0/s1. The summed E-state index contributed by atoms with van der Waals surface area (Å²) in [4.78, 5) is 11.0. The fourth-order valence-electron chi connectivity index (χ4n) is 2.22. The molecule has 1 aliphatic rings. The molecule has 9 N–H and O–H groups in total. The highest BCUT2D eigenvalue weighted by atomic mass is 16.7. The molecule has 3 unspecified atom stereocenters. The number of carboxylic acid groups (broad SMARTS) is 1. The van der Waals surface area contributed by atoms with Gasteiger partial charge in [0.05, 0.1) is 18.8 Å². The number of aliphatic hydroxyl groups excluding tert-OH is 4. The van der Waals surface area contributed by atoms with Crippen LogP contribution in [0, 0.1) is 0 Å². The Balaban J connectivity index is 2.99. The Hall–Kier alpha value is -0.850. The van der Waals surface area contributed by atoms with Crippen LogP contribution in [0.4, 0.5) is 0 Å². The van der Waals surface area contributed by atoms with Gasteiger partial charge in [-0.1, -0.05) is 0 Å². The summed E-state index contributed by atoms with van der Waals surface area (Å²) in [5.41, 5.74) is 5.32. The topological polar surface area (TPSA) is 186 Å². The van der Waals surface area contributed by atoms with Crippen molar-refractivity contribution in [1.82, 2.24) is 5.32 Å². The number of hydrogen-bond acceptors (Lipinski definition) is 9. The van der Waals surface area contributed by atoms with E-state index >= 15 is 0 Å². The summed E-state index contributed by atoms with van der Waals surface area (Å²) < 4.78 is 4.97. The number of nitrogens with one attached hydrogen (secondary N) is 1. The Labute approximate surface area is 120 Å². The number of aliphatic hydroxyl groups is 5. The van der Waals surface area contributed by atoms with Gasteiger partial charge in [0.25, 0.3) is 5.79 Å². The average molecular weight is 310 g/mol. The second-order valence-corrected chi connectivity index (χ2v) is 4.95. The monoisotopic (exact) mass is 310 g/mol. The molecule has 0 spiro atoms. The molecule has 0 bridgehead atoms. The van der Waals surface area contributed by atoms with Crippen molar-refractivity contribution in [3.8, 4) is 0 Å². The van der Waals surface area contributed by atoms with E-state index in [1.807, 2.05) is 0 Å². The van der Waals surface area contributed by atoms with Crippen molar-refractivity contribution in [3.05, 3.63) is 0 Å². The van der Waals surface area contributed by atoms with Crippen LogP contribution in [-0.2, 0) is 9.53 Å². The summed E-state index contributed by atoms with van der Waals surface area (Å²) in [5.74, 6) is -4.42. The number of carboxylic acids is 1. The lowest BCUT2D eigenvalue weighted by atomic mass is 9.88. The summed E-state index contributed by atoms with van der Waals surface area (Å²) in [6.07, 6.45) is -6.78. The maximum absolute atomic E-state index is 11.0. The van der Waals surface area contributed by atoms with Crippen LogP contribution in [-0.4, -0.2) is 92.5 Å². The normalized spacial score (nSPS) is 36.2. The van der Waals surface area contributed by atoms with E-state index in [4.69, 9.17) is 20.7 Å². The van der Waals surface area contributed by atoms with Gasteiger partial charge in [-0.25, -0.2) is 4.79 Å². The van der Waals surface area contributed by atoms with E-state index in [0.29, 0.717) is 0 Å². The molecule has 21 heavy (non-hydrogen) atoms. The molecule has 1 fully saturated rings. The van der Waals surface area contributed by atoms with Crippen LogP contribution >= 0.6 is 0 Å². The molecular weight excluding hydrogens is 288 g/mol. The molecular formula is C11H22N2O8. The number of hydrogen-bond donors (Lipinski definition) is 8.